The molecule has 1 aromatic carbocycles. The Morgan fingerprint density at radius 2 is 1.96 bits per heavy atom. The molecule has 0 amide bonds. The summed E-state index contributed by atoms with van der Waals surface area (Å²) in [5.74, 6) is -0.971. The van der Waals surface area contributed by atoms with Gasteiger partial charge in [0.15, 0.2) is 0 Å². The van der Waals surface area contributed by atoms with Crippen LogP contribution in [0.4, 0.5) is 5.69 Å². The fourth-order valence-corrected chi connectivity index (χ4v) is 4.64. The van der Waals surface area contributed by atoms with Gasteiger partial charge in [0.2, 0.25) is 0 Å². The summed E-state index contributed by atoms with van der Waals surface area (Å²) in [4.78, 5) is 24.2. The van der Waals surface area contributed by atoms with E-state index in [0.29, 0.717) is 15.5 Å². The van der Waals surface area contributed by atoms with Gasteiger partial charge in [-0.3, -0.25) is 0 Å². The molecule has 4 rings (SSSR count). The number of aromatic nitrogens is 1. The summed E-state index contributed by atoms with van der Waals surface area (Å²) < 4.78 is 0. The highest BCUT2D eigenvalue weighted by atomic mass is 35.5. The summed E-state index contributed by atoms with van der Waals surface area (Å²) in [6.45, 7) is 3.90. The van der Waals surface area contributed by atoms with E-state index in [4.69, 9.17) is 16.6 Å². The quantitative estimate of drug-likeness (QED) is 0.435. The standard InChI is InChI=1S/C21H20ClN3O2S/c1-13-11-16(14-5-7-15(22)8-6-14)24-20-17(13)18(19(28-20)21(26)27)23-12-25-9-3-2-4-10-25/h5-8,11-12H,2-4,9-10H2,1H3,(H,26,27). The molecule has 0 saturated carbocycles. The molecule has 28 heavy (non-hydrogen) atoms. The number of nitrogens with zero attached hydrogens (tertiary/aromatic N) is 3. The van der Waals surface area contributed by atoms with E-state index in [-0.39, 0.29) is 4.88 Å². The minimum atomic E-state index is -0.971. The van der Waals surface area contributed by atoms with Crippen molar-refractivity contribution in [3.8, 4) is 11.3 Å². The van der Waals surface area contributed by atoms with Crippen LogP contribution in [0.15, 0.2) is 35.3 Å². The van der Waals surface area contributed by atoms with E-state index in [2.05, 4.69) is 9.89 Å². The minimum Gasteiger partial charge on any atom is -0.477 e. The highest BCUT2D eigenvalue weighted by Crippen LogP contribution is 2.40. The van der Waals surface area contributed by atoms with Crippen molar-refractivity contribution in [1.82, 2.24) is 9.88 Å². The van der Waals surface area contributed by atoms with Crippen molar-refractivity contribution in [2.45, 2.75) is 26.2 Å². The Balaban J connectivity index is 1.80. The Kier molecular flexibility index (Phi) is 5.33. The first-order valence-corrected chi connectivity index (χ1v) is 10.4. The molecule has 0 unspecified atom stereocenters. The Morgan fingerprint density at radius 1 is 1.25 bits per heavy atom. The molecule has 1 aliphatic heterocycles. The maximum Gasteiger partial charge on any atom is 0.348 e. The van der Waals surface area contributed by atoms with Gasteiger partial charge in [0.1, 0.15) is 9.71 Å². The monoisotopic (exact) mass is 413 g/mol. The molecule has 1 aliphatic rings. The first kappa shape index (κ1) is 18.9. The summed E-state index contributed by atoms with van der Waals surface area (Å²) in [6.07, 6.45) is 5.32. The van der Waals surface area contributed by atoms with Crippen LogP contribution in [0.2, 0.25) is 5.02 Å². The molecule has 0 spiro atoms. The van der Waals surface area contributed by atoms with E-state index in [1.54, 1.807) is 6.34 Å². The average molecular weight is 414 g/mol. The minimum absolute atomic E-state index is 0.229. The van der Waals surface area contributed by atoms with Gasteiger partial charge < -0.3 is 10.0 Å². The van der Waals surface area contributed by atoms with Gasteiger partial charge in [-0.1, -0.05) is 23.7 Å². The number of aryl methyl sites for hydroxylation is 1. The van der Waals surface area contributed by atoms with E-state index in [1.165, 1.54) is 17.8 Å². The van der Waals surface area contributed by atoms with E-state index in [1.807, 2.05) is 37.3 Å². The van der Waals surface area contributed by atoms with Crippen LogP contribution in [-0.2, 0) is 0 Å². The molecular weight excluding hydrogens is 394 g/mol. The predicted molar refractivity (Wildman–Crippen MR) is 115 cm³/mol. The molecule has 0 aliphatic carbocycles. The first-order chi connectivity index (χ1) is 13.5. The van der Waals surface area contributed by atoms with Crippen LogP contribution < -0.4 is 0 Å². The average Bonchev–Trinajstić information content (AvgIpc) is 3.07. The van der Waals surface area contributed by atoms with Gasteiger partial charge in [0, 0.05) is 29.1 Å². The number of piperidine rings is 1. The molecule has 7 heteroatoms. The summed E-state index contributed by atoms with van der Waals surface area (Å²) in [6, 6.07) is 9.45. The van der Waals surface area contributed by atoms with Crippen LogP contribution in [0.25, 0.3) is 21.5 Å². The largest absolute Gasteiger partial charge is 0.477 e. The van der Waals surface area contributed by atoms with Crippen molar-refractivity contribution in [2.24, 2.45) is 4.99 Å². The molecule has 1 saturated heterocycles. The molecule has 1 N–H and O–H groups in total. The summed E-state index contributed by atoms with van der Waals surface area (Å²) in [7, 11) is 0. The number of hydrogen-bond acceptors (Lipinski definition) is 4. The molecule has 5 nitrogen and oxygen atoms in total. The smallest absolute Gasteiger partial charge is 0.348 e. The Bertz CT molecular complexity index is 1050. The Hall–Kier alpha value is -2.44. The lowest BCUT2D eigenvalue weighted by Crippen LogP contribution is -2.28. The Labute approximate surface area is 172 Å². The molecule has 2 aromatic heterocycles. The fourth-order valence-electron chi connectivity index (χ4n) is 3.47. The number of carboxylic acids is 1. The van der Waals surface area contributed by atoms with Gasteiger partial charge >= 0.3 is 5.97 Å². The van der Waals surface area contributed by atoms with Crippen molar-refractivity contribution >= 4 is 51.1 Å². The predicted octanol–water partition coefficient (Wildman–Crippen LogP) is 5.77. The maximum atomic E-state index is 11.8. The fraction of sp³-hybridized carbons (Fsp3) is 0.286. The second kappa shape index (κ2) is 7.89. The SMILES string of the molecule is Cc1cc(-c2ccc(Cl)cc2)nc2sc(C(=O)O)c(N=CN3CCCCC3)c12. The van der Waals surface area contributed by atoms with Gasteiger partial charge in [-0.25, -0.2) is 14.8 Å². The number of benzene rings is 1. The normalized spacial score (nSPS) is 14.9. The second-order valence-corrected chi connectivity index (χ2v) is 8.37. The maximum absolute atomic E-state index is 11.8. The van der Waals surface area contributed by atoms with Gasteiger partial charge in [0.25, 0.3) is 0 Å². The van der Waals surface area contributed by atoms with Crippen molar-refractivity contribution in [3.05, 3.63) is 45.8 Å². The zero-order valence-electron chi connectivity index (χ0n) is 15.5. The molecule has 0 radical (unpaired) electrons. The van der Waals surface area contributed by atoms with Crippen LogP contribution >= 0.6 is 22.9 Å². The number of thiophene rings is 1. The van der Waals surface area contributed by atoms with Crippen molar-refractivity contribution in [2.75, 3.05) is 13.1 Å². The number of aliphatic imine (C=N–C) groups is 1. The highest BCUT2D eigenvalue weighted by Gasteiger charge is 2.21. The lowest BCUT2D eigenvalue weighted by Gasteiger charge is -2.23. The van der Waals surface area contributed by atoms with Gasteiger partial charge in [-0.15, -0.1) is 11.3 Å². The lowest BCUT2D eigenvalue weighted by molar-refractivity contribution is 0.0703. The van der Waals surface area contributed by atoms with E-state index >= 15 is 0 Å². The second-order valence-electron chi connectivity index (χ2n) is 6.94. The molecule has 1 fully saturated rings. The number of carbonyl (C=O) groups is 1. The number of pyridine rings is 1. The zero-order valence-corrected chi connectivity index (χ0v) is 17.1. The van der Waals surface area contributed by atoms with Crippen LogP contribution in [0.5, 0.6) is 0 Å². The summed E-state index contributed by atoms with van der Waals surface area (Å²) in [5.41, 5.74) is 3.21. The van der Waals surface area contributed by atoms with Crippen molar-refractivity contribution in [3.63, 3.8) is 0 Å². The lowest BCUT2D eigenvalue weighted by atomic mass is 10.1. The molecule has 3 aromatic rings. The van der Waals surface area contributed by atoms with Gasteiger partial charge in [-0.05, 0) is 49.9 Å². The van der Waals surface area contributed by atoms with Crippen molar-refractivity contribution < 1.29 is 9.90 Å². The number of likely N-dealkylation sites (tertiary alicyclic amines) is 1. The third-order valence-electron chi connectivity index (χ3n) is 4.91. The van der Waals surface area contributed by atoms with Crippen LogP contribution in [0.1, 0.15) is 34.5 Å². The highest BCUT2D eigenvalue weighted by molar-refractivity contribution is 7.21. The number of aromatic carboxylic acids is 1. The molecule has 0 atom stereocenters. The number of fused-ring (bicyclic) bond motifs is 1. The first-order valence-electron chi connectivity index (χ1n) is 9.24. The summed E-state index contributed by atoms with van der Waals surface area (Å²) in [5, 5.41) is 11.2. The van der Waals surface area contributed by atoms with E-state index in [0.717, 1.165) is 48.1 Å². The number of rotatable bonds is 4. The van der Waals surface area contributed by atoms with Crippen LogP contribution in [0.3, 0.4) is 0 Å². The van der Waals surface area contributed by atoms with Crippen molar-refractivity contribution in [1.29, 1.82) is 0 Å². The van der Waals surface area contributed by atoms with E-state index in [9.17, 15) is 9.90 Å². The molecule has 144 valence electrons. The van der Waals surface area contributed by atoms with Gasteiger partial charge in [-0.2, -0.15) is 0 Å². The molecule has 0 bridgehead atoms. The third-order valence-corrected chi connectivity index (χ3v) is 6.22. The van der Waals surface area contributed by atoms with Crippen LogP contribution in [0, 0.1) is 6.92 Å². The van der Waals surface area contributed by atoms with Gasteiger partial charge in [0.05, 0.1) is 17.7 Å². The van der Waals surface area contributed by atoms with Crippen LogP contribution in [-0.4, -0.2) is 40.4 Å². The Morgan fingerprint density at radius 3 is 2.64 bits per heavy atom. The van der Waals surface area contributed by atoms with E-state index < -0.39 is 5.97 Å². The molecule has 3 heterocycles. The zero-order chi connectivity index (χ0) is 19.7. The third kappa shape index (κ3) is 3.75. The molecular formula is C21H20ClN3O2S. The number of carboxylic acid groups (broad SMARTS) is 1. The topological polar surface area (TPSA) is 65.8 Å². The summed E-state index contributed by atoms with van der Waals surface area (Å²) >= 11 is 7.16. The number of hydrogen-bond donors (Lipinski definition) is 1. The number of halogens is 1.